The lowest BCUT2D eigenvalue weighted by Gasteiger charge is -2.34. The highest BCUT2D eigenvalue weighted by Crippen LogP contribution is 2.41. The fraction of sp³-hybridized carbons (Fsp3) is 0.509. The van der Waals surface area contributed by atoms with Crippen LogP contribution >= 0.6 is 23.2 Å². The number of benzene rings is 3. The van der Waals surface area contributed by atoms with Crippen LogP contribution in [-0.2, 0) is 39.8 Å². The van der Waals surface area contributed by atoms with Gasteiger partial charge in [-0.25, -0.2) is 0 Å². The number of unbranched alkanes of at least 4 members (excludes halogenated alkanes) is 4. The molecule has 0 saturated carbocycles. The van der Waals surface area contributed by atoms with E-state index in [0.29, 0.717) is 120 Å². The van der Waals surface area contributed by atoms with Crippen molar-refractivity contribution < 1.29 is 57.2 Å². The van der Waals surface area contributed by atoms with E-state index in [1.165, 1.54) is 19.4 Å². The maximum Gasteiger partial charge on any atom is 0.262 e. The molecule has 4 aromatic rings. The average Bonchev–Trinajstić information content (AvgIpc) is 3.78. The highest BCUT2D eigenvalue weighted by Gasteiger charge is 2.45. The standard InChI is InChI=1S/C35H45Cl2N5O6.C22H26N2O6/c1-4-46-17-18-47-15-7-5-6-9-34(43)42-13-11-41(12-14-42)10-8-16-48-33-21-29-26(19-32(33)45-3)35(25(23-38)24-39-29)40-30-22-31(44-2)28(37)20-27(30)36;1-2-30-12-5-3-4-8-15(25)13-14-7-6-9-16-19(14)22(29)24(21(16)28)17-10-11-18(26)23-20(17)27/h19-22,24H,4-18H2,1-3H3,(H,39,40);6-7,9,17H,2-5,8,10-13H2,1H3,(H,23,26,27). The third-order valence-electron chi connectivity index (χ3n) is 13.5. The van der Waals surface area contributed by atoms with Gasteiger partial charge in [0.2, 0.25) is 17.7 Å². The molecule has 2 saturated heterocycles. The number of carbonyl (C=O) groups excluding carboxylic acids is 6. The first kappa shape index (κ1) is 60.8. The van der Waals surface area contributed by atoms with E-state index in [-0.39, 0.29) is 42.1 Å². The Morgan fingerprint density at radius 3 is 2.19 bits per heavy atom. The minimum atomic E-state index is -1.01. The Morgan fingerprint density at radius 2 is 1.49 bits per heavy atom. The van der Waals surface area contributed by atoms with Crippen molar-refractivity contribution >= 4 is 80.8 Å². The Labute approximate surface area is 466 Å². The highest BCUT2D eigenvalue weighted by atomic mass is 35.5. The molecule has 3 aliphatic rings. The summed E-state index contributed by atoms with van der Waals surface area (Å²) in [6.45, 7) is 12.5. The first-order valence-electron chi connectivity index (χ1n) is 26.7. The second kappa shape index (κ2) is 31.3. The molecule has 2 N–H and O–H groups in total. The number of piperidine rings is 1. The van der Waals surface area contributed by atoms with Crippen LogP contribution in [0.15, 0.2) is 48.7 Å². The zero-order valence-corrected chi connectivity index (χ0v) is 46.6. The van der Waals surface area contributed by atoms with E-state index in [1.54, 1.807) is 37.4 Å². The minimum absolute atomic E-state index is 0.000449. The lowest BCUT2D eigenvalue weighted by molar-refractivity contribution is -0.136. The molecule has 1 aromatic heterocycles. The Morgan fingerprint density at radius 1 is 0.782 bits per heavy atom. The zero-order valence-electron chi connectivity index (χ0n) is 45.1. The Balaban J connectivity index is 0.000000281. The van der Waals surface area contributed by atoms with Crippen LogP contribution < -0.4 is 24.8 Å². The molecule has 0 aliphatic carbocycles. The number of amides is 5. The maximum atomic E-state index is 13.0. The minimum Gasteiger partial charge on any atom is -0.495 e. The van der Waals surface area contributed by atoms with Gasteiger partial charge in [-0.2, -0.15) is 5.26 Å². The number of hydrogen-bond donors (Lipinski definition) is 2. The fourth-order valence-electron chi connectivity index (χ4n) is 9.36. The van der Waals surface area contributed by atoms with Crippen LogP contribution in [0, 0.1) is 11.3 Å². The van der Waals surface area contributed by atoms with E-state index in [0.717, 1.165) is 82.6 Å². The molecule has 5 amide bonds. The molecule has 0 radical (unpaired) electrons. The van der Waals surface area contributed by atoms with Gasteiger partial charge in [-0.3, -0.25) is 48.9 Å². The monoisotopic (exact) mass is 1120 g/mol. The molecular formula is C57H71Cl2N7O12. The highest BCUT2D eigenvalue weighted by molar-refractivity contribution is 6.37. The molecule has 78 heavy (non-hydrogen) atoms. The summed E-state index contributed by atoms with van der Waals surface area (Å²) in [6, 6.07) is 12.9. The second-order valence-corrected chi connectivity index (χ2v) is 19.6. The summed E-state index contributed by atoms with van der Waals surface area (Å²) in [5.41, 5.74) is 2.90. The first-order chi connectivity index (χ1) is 37.8. The van der Waals surface area contributed by atoms with Gasteiger partial charge in [0.25, 0.3) is 11.8 Å². The lowest BCUT2D eigenvalue weighted by atomic mass is 9.97. The summed E-state index contributed by atoms with van der Waals surface area (Å²) in [4.78, 5) is 84.2. The number of hydrogen-bond acceptors (Lipinski definition) is 16. The van der Waals surface area contributed by atoms with E-state index >= 15 is 0 Å². The van der Waals surface area contributed by atoms with Crippen molar-refractivity contribution in [1.82, 2.24) is 25.0 Å². The molecule has 4 heterocycles. The largest absolute Gasteiger partial charge is 0.495 e. The molecule has 7 rings (SSSR count). The predicted molar refractivity (Wildman–Crippen MR) is 295 cm³/mol. The van der Waals surface area contributed by atoms with Gasteiger partial charge in [-0.05, 0) is 76.1 Å². The van der Waals surface area contributed by atoms with Crippen LogP contribution in [0.25, 0.3) is 10.9 Å². The molecule has 19 nitrogen and oxygen atoms in total. The second-order valence-electron chi connectivity index (χ2n) is 18.8. The topological polar surface area (TPSA) is 228 Å². The number of ketones is 1. The molecule has 0 bridgehead atoms. The average molecular weight is 1120 g/mol. The number of pyridine rings is 1. The number of Topliss-reactive ketones (excluding diaryl/α,β-unsaturated/α-hetero) is 1. The van der Waals surface area contributed by atoms with E-state index in [1.807, 2.05) is 24.8 Å². The molecule has 0 spiro atoms. The summed E-state index contributed by atoms with van der Waals surface area (Å²) >= 11 is 12.7. The third kappa shape index (κ3) is 16.8. The molecule has 1 atom stereocenters. The van der Waals surface area contributed by atoms with Gasteiger partial charge in [-0.1, -0.05) is 48.2 Å². The molecule has 3 aliphatic heterocycles. The molecular weight excluding hydrogens is 1050 g/mol. The van der Waals surface area contributed by atoms with Gasteiger partial charge in [0, 0.05) is 109 Å². The number of ether oxygens (including phenoxy) is 6. The van der Waals surface area contributed by atoms with Gasteiger partial charge in [-0.15, -0.1) is 0 Å². The van der Waals surface area contributed by atoms with Crippen molar-refractivity contribution in [1.29, 1.82) is 5.26 Å². The number of anilines is 2. The van der Waals surface area contributed by atoms with E-state index < -0.39 is 29.7 Å². The van der Waals surface area contributed by atoms with Gasteiger partial charge in [0.15, 0.2) is 11.5 Å². The van der Waals surface area contributed by atoms with E-state index in [2.05, 4.69) is 26.6 Å². The van der Waals surface area contributed by atoms with Crippen molar-refractivity contribution in [2.24, 2.45) is 0 Å². The number of aromatic nitrogens is 1. The molecule has 420 valence electrons. The van der Waals surface area contributed by atoms with Crippen molar-refractivity contribution in [2.75, 3.05) is 98.5 Å². The SMILES string of the molecule is CCOCCCCCC(=O)Cc1cccc2c1C(=O)N(C1CCC(=O)NC1=O)C2=O.CCOCCOCCCCCC(=O)N1CCN(CCCOc2cc3ncc(C#N)c(Nc4cc(OC)c(Cl)cc4Cl)c3cc2OC)CC1. The number of methoxy groups -OCH3 is 2. The van der Waals surface area contributed by atoms with Crippen molar-refractivity contribution in [2.45, 2.75) is 96.9 Å². The normalized spacial score (nSPS) is 15.4. The van der Waals surface area contributed by atoms with Gasteiger partial charge < -0.3 is 38.6 Å². The molecule has 3 aromatic carbocycles. The predicted octanol–water partition coefficient (Wildman–Crippen LogP) is 8.50. The van der Waals surface area contributed by atoms with E-state index in [9.17, 15) is 34.0 Å². The van der Waals surface area contributed by atoms with Crippen LogP contribution in [0.4, 0.5) is 11.4 Å². The number of imide groups is 2. The number of nitriles is 1. The number of fused-ring (bicyclic) bond motifs is 2. The van der Waals surface area contributed by atoms with Crippen LogP contribution in [0.1, 0.15) is 116 Å². The summed E-state index contributed by atoms with van der Waals surface area (Å²) in [6.07, 6.45) is 8.93. The Bertz CT molecular complexity index is 2780. The summed E-state index contributed by atoms with van der Waals surface area (Å²) in [7, 11) is 3.09. The summed E-state index contributed by atoms with van der Waals surface area (Å²) < 4.78 is 33.2. The smallest absolute Gasteiger partial charge is 0.262 e. The number of carbonyl (C=O) groups is 6. The lowest BCUT2D eigenvalue weighted by Crippen LogP contribution is -2.54. The number of halogens is 2. The van der Waals surface area contributed by atoms with Crippen molar-refractivity contribution in [3.63, 3.8) is 0 Å². The van der Waals surface area contributed by atoms with Gasteiger partial charge >= 0.3 is 0 Å². The summed E-state index contributed by atoms with van der Waals surface area (Å²) in [5, 5.41) is 16.7. The van der Waals surface area contributed by atoms with Gasteiger partial charge in [0.1, 0.15) is 23.6 Å². The number of piperazine rings is 1. The quantitative estimate of drug-likeness (QED) is 0.0384. The van der Waals surface area contributed by atoms with Gasteiger partial charge in [0.05, 0.1) is 77.7 Å². The Kier molecular flexibility index (Phi) is 24.4. The number of nitrogens with zero attached hydrogens (tertiary/aromatic N) is 5. The fourth-order valence-corrected chi connectivity index (χ4v) is 9.87. The third-order valence-corrected chi connectivity index (χ3v) is 14.1. The number of rotatable bonds is 29. The first-order valence-corrected chi connectivity index (χ1v) is 27.5. The van der Waals surface area contributed by atoms with Crippen LogP contribution in [0.5, 0.6) is 17.2 Å². The zero-order chi connectivity index (χ0) is 56.0. The maximum absolute atomic E-state index is 13.0. The van der Waals surface area contributed by atoms with Crippen LogP contribution in [0.3, 0.4) is 0 Å². The van der Waals surface area contributed by atoms with Crippen LogP contribution in [-0.4, -0.2) is 154 Å². The van der Waals surface area contributed by atoms with E-state index in [4.69, 9.17) is 51.6 Å². The number of nitrogens with one attached hydrogen (secondary N) is 2. The Hall–Kier alpha value is -6.40. The summed E-state index contributed by atoms with van der Waals surface area (Å²) in [5.74, 6) is -0.440. The van der Waals surface area contributed by atoms with Crippen LogP contribution in [0.2, 0.25) is 10.0 Å². The molecule has 21 heteroatoms. The molecule has 2 fully saturated rings. The molecule has 1 unspecified atom stereocenters. The van der Waals surface area contributed by atoms with Crippen molar-refractivity contribution in [3.8, 4) is 23.3 Å². The van der Waals surface area contributed by atoms with Crippen molar-refractivity contribution in [3.05, 3.63) is 81.0 Å².